The maximum atomic E-state index is 12.8. The largest absolute Gasteiger partial charge is 0.311 e. The van der Waals surface area contributed by atoms with Gasteiger partial charge < -0.3 is 3.87 Å². The lowest BCUT2D eigenvalue weighted by atomic mass is 10.4. The fourth-order valence-corrected chi connectivity index (χ4v) is 7.44. The van der Waals surface area contributed by atoms with Gasteiger partial charge in [-0.3, -0.25) is 0 Å². The summed E-state index contributed by atoms with van der Waals surface area (Å²) >= 11 is 0. The zero-order valence-corrected chi connectivity index (χ0v) is 12.8. The van der Waals surface area contributed by atoms with Gasteiger partial charge in [-0.2, -0.15) is 8.42 Å². The van der Waals surface area contributed by atoms with Crippen LogP contribution in [-0.2, 0) is 14.0 Å². The predicted octanol–water partition coefficient (Wildman–Crippen LogP) is 3.54. The minimum atomic E-state index is -3.78. The van der Waals surface area contributed by atoms with Crippen LogP contribution in [0.3, 0.4) is 0 Å². The highest BCUT2D eigenvalue weighted by Gasteiger charge is 2.35. The first-order chi connectivity index (χ1) is 8.39. The van der Waals surface area contributed by atoms with Crippen molar-refractivity contribution in [1.82, 2.24) is 0 Å². The lowest BCUT2D eigenvalue weighted by Gasteiger charge is -2.26. The lowest BCUT2D eigenvalue weighted by Crippen LogP contribution is -2.38. The molecule has 0 saturated heterocycles. The number of hydrogen-bond donors (Lipinski definition) is 0. The van der Waals surface area contributed by atoms with Gasteiger partial charge in [-0.05, 0) is 42.4 Å². The number of halogens is 1. The topological polar surface area (TPSA) is 43.4 Å². The van der Waals surface area contributed by atoms with E-state index in [0.29, 0.717) is 0 Å². The molecule has 3 nitrogen and oxygen atoms in total. The van der Waals surface area contributed by atoms with Crippen LogP contribution in [0.2, 0.25) is 18.1 Å². The molecule has 0 atom stereocenters. The zero-order chi connectivity index (χ0) is 13.8. The van der Waals surface area contributed by atoms with Crippen molar-refractivity contribution in [2.24, 2.45) is 0 Å². The summed E-state index contributed by atoms with van der Waals surface area (Å²) in [6.45, 7) is 5.87. The molecule has 0 aromatic heterocycles. The molecule has 1 rings (SSSR count). The van der Waals surface area contributed by atoms with E-state index in [4.69, 9.17) is 3.87 Å². The third-order valence-electron chi connectivity index (χ3n) is 3.32. The Morgan fingerprint density at radius 2 is 1.50 bits per heavy atom. The number of rotatable bonds is 6. The van der Waals surface area contributed by atoms with Gasteiger partial charge in [0.2, 0.25) is 8.32 Å². The van der Waals surface area contributed by atoms with E-state index in [1.165, 1.54) is 12.1 Å². The first-order valence-electron chi connectivity index (χ1n) is 6.10. The summed E-state index contributed by atoms with van der Waals surface area (Å²) in [7, 11) is -6.01. The third-order valence-corrected chi connectivity index (χ3v) is 10.3. The molecule has 0 fully saturated rings. The zero-order valence-electron chi connectivity index (χ0n) is 10.9. The van der Waals surface area contributed by atoms with E-state index in [1.54, 1.807) is 0 Å². The second-order valence-electron chi connectivity index (χ2n) is 4.24. The van der Waals surface area contributed by atoms with Gasteiger partial charge >= 0.3 is 0 Å². The molecule has 0 unspecified atom stereocenters. The predicted molar refractivity (Wildman–Crippen MR) is 71.9 cm³/mol. The molecule has 18 heavy (non-hydrogen) atoms. The molecule has 102 valence electrons. The molecule has 0 aliphatic rings. The summed E-state index contributed by atoms with van der Waals surface area (Å²) in [6.07, 6.45) is 0. The van der Waals surface area contributed by atoms with E-state index < -0.39 is 24.3 Å². The molecular weight excluding hydrogens is 271 g/mol. The van der Waals surface area contributed by atoms with Crippen molar-refractivity contribution >= 4 is 18.4 Å². The Hall–Kier alpha value is -0.723. The average Bonchev–Trinajstić information content (AvgIpc) is 2.37. The standard InChI is InChI=1S/C12H19FO3SSi/c1-4-18(5-2,6-3)16-17(14,15)12-9-7-11(13)8-10-12/h7-10H,4-6H2,1-3H3. The molecule has 0 heterocycles. The summed E-state index contributed by atoms with van der Waals surface area (Å²) in [5, 5.41) is 0. The summed E-state index contributed by atoms with van der Waals surface area (Å²) in [5.74, 6) is -0.459. The second-order valence-corrected chi connectivity index (χ2v) is 10.8. The summed E-state index contributed by atoms with van der Waals surface area (Å²) in [6, 6.07) is 6.99. The summed E-state index contributed by atoms with van der Waals surface area (Å²) < 4.78 is 42.5. The molecule has 0 saturated carbocycles. The average molecular weight is 290 g/mol. The van der Waals surface area contributed by atoms with Gasteiger partial charge in [-0.1, -0.05) is 20.8 Å². The van der Waals surface area contributed by atoms with Crippen LogP contribution < -0.4 is 0 Å². The highest BCUT2D eigenvalue weighted by molar-refractivity contribution is 7.87. The molecule has 1 aromatic rings. The summed E-state index contributed by atoms with van der Waals surface area (Å²) in [5.41, 5.74) is 0. The van der Waals surface area contributed by atoms with E-state index in [9.17, 15) is 12.8 Å². The molecule has 0 spiro atoms. The smallest absolute Gasteiger partial charge is 0.287 e. The Morgan fingerprint density at radius 1 is 1.06 bits per heavy atom. The second kappa shape index (κ2) is 5.95. The highest BCUT2D eigenvalue weighted by atomic mass is 32.2. The Labute approximate surface area is 109 Å². The molecular formula is C12H19FO3SSi. The van der Waals surface area contributed by atoms with Gasteiger partial charge in [0.15, 0.2) is 0 Å². The van der Waals surface area contributed by atoms with Crippen LogP contribution in [0.25, 0.3) is 0 Å². The normalized spacial score (nSPS) is 12.7. The van der Waals surface area contributed by atoms with E-state index in [0.717, 1.165) is 30.3 Å². The third kappa shape index (κ3) is 3.40. The van der Waals surface area contributed by atoms with Gasteiger partial charge in [0.05, 0.1) is 4.90 Å². The SMILES string of the molecule is CC[Si](CC)(CC)OS(=O)(=O)c1ccc(F)cc1. The van der Waals surface area contributed by atoms with Crippen LogP contribution in [-0.4, -0.2) is 16.7 Å². The van der Waals surface area contributed by atoms with E-state index in [1.807, 2.05) is 20.8 Å². The van der Waals surface area contributed by atoms with Gasteiger partial charge in [0, 0.05) is 0 Å². The Balaban J connectivity index is 3.04. The lowest BCUT2D eigenvalue weighted by molar-refractivity contribution is 0.474. The highest BCUT2D eigenvalue weighted by Crippen LogP contribution is 2.27. The van der Waals surface area contributed by atoms with Gasteiger partial charge in [0.1, 0.15) is 5.82 Å². The van der Waals surface area contributed by atoms with Gasteiger partial charge in [0.25, 0.3) is 10.1 Å². The van der Waals surface area contributed by atoms with Crippen LogP contribution in [0.1, 0.15) is 20.8 Å². The van der Waals surface area contributed by atoms with E-state index in [-0.39, 0.29) is 4.90 Å². The van der Waals surface area contributed by atoms with Crippen molar-refractivity contribution in [2.75, 3.05) is 0 Å². The fraction of sp³-hybridized carbons (Fsp3) is 0.500. The maximum Gasteiger partial charge on any atom is 0.287 e. The quantitative estimate of drug-likeness (QED) is 0.753. The molecule has 1 aromatic carbocycles. The van der Waals surface area contributed by atoms with E-state index in [2.05, 4.69) is 0 Å². The van der Waals surface area contributed by atoms with Crippen LogP contribution >= 0.6 is 0 Å². The van der Waals surface area contributed by atoms with Crippen LogP contribution in [0.5, 0.6) is 0 Å². The first-order valence-corrected chi connectivity index (χ1v) is 10.0. The van der Waals surface area contributed by atoms with Gasteiger partial charge in [-0.25, -0.2) is 4.39 Å². The number of hydrogen-bond acceptors (Lipinski definition) is 3. The molecule has 6 heteroatoms. The monoisotopic (exact) mass is 290 g/mol. The van der Waals surface area contributed by atoms with Crippen molar-refractivity contribution in [3.8, 4) is 0 Å². The maximum absolute atomic E-state index is 12.8. The van der Waals surface area contributed by atoms with Crippen molar-refractivity contribution in [3.63, 3.8) is 0 Å². The molecule has 0 amide bonds. The van der Waals surface area contributed by atoms with Crippen LogP contribution in [0, 0.1) is 5.82 Å². The molecule has 0 aliphatic heterocycles. The molecule has 0 N–H and O–H groups in total. The molecule has 0 aliphatic carbocycles. The van der Waals surface area contributed by atoms with Gasteiger partial charge in [-0.15, -0.1) is 0 Å². The summed E-state index contributed by atoms with van der Waals surface area (Å²) in [4.78, 5) is 0.0242. The fourth-order valence-electron chi connectivity index (χ4n) is 1.81. The number of benzene rings is 1. The first kappa shape index (κ1) is 15.3. The minimum absolute atomic E-state index is 0.0242. The Morgan fingerprint density at radius 3 is 1.89 bits per heavy atom. The van der Waals surface area contributed by atoms with Crippen molar-refractivity contribution in [3.05, 3.63) is 30.1 Å². The van der Waals surface area contributed by atoms with Crippen LogP contribution in [0.15, 0.2) is 29.2 Å². The van der Waals surface area contributed by atoms with Crippen LogP contribution in [0.4, 0.5) is 4.39 Å². The molecule has 0 radical (unpaired) electrons. The Kier molecular flexibility index (Phi) is 5.07. The Bertz CT molecular complexity index is 472. The minimum Gasteiger partial charge on any atom is -0.311 e. The van der Waals surface area contributed by atoms with Crippen molar-refractivity contribution in [2.45, 2.75) is 43.8 Å². The van der Waals surface area contributed by atoms with Crippen molar-refractivity contribution < 1.29 is 16.7 Å². The van der Waals surface area contributed by atoms with Crippen molar-refractivity contribution in [1.29, 1.82) is 0 Å². The van der Waals surface area contributed by atoms with E-state index >= 15 is 0 Å². The molecule has 0 bridgehead atoms.